The Morgan fingerprint density at radius 2 is 1.79 bits per heavy atom. The lowest BCUT2D eigenvalue weighted by molar-refractivity contribution is -0.119. The van der Waals surface area contributed by atoms with Crippen molar-refractivity contribution in [3.63, 3.8) is 0 Å². The quantitative estimate of drug-likeness (QED) is 0.595. The van der Waals surface area contributed by atoms with Gasteiger partial charge in [-0.1, -0.05) is 39.0 Å². The summed E-state index contributed by atoms with van der Waals surface area (Å²) in [5, 5.41) is 3.64. The molecule has 1 fully saturated rings. The van der Waals surface area contributed by atoms with Crippen LogP contribution in [0.15, 0.2) is 0 Å². The van der Waals surface area contributed by atoms with Crippen molar-refractivity contribution >= 4 is 5.91 Å². The molecule has 4 nitrogen and oxygen atoms in total. The van der Waals surface area contributed by atoms with Crippen LogP contribution in [0.4, 0.5) is 0 Å². The predicted molar refractivity (Wildman–Crippen MR) is 80.0 cm³/mol. The summed E-state index contributed by atoms with van der Waals surface area (Å²) in [7, 11) is 0. The van der Waals surface area contributed by atoms with Crippen LogP contribution in [0.3, 0.4) is 0 Å². The molecule has 1 rings (SSSR count). The number of nitrogens with zero attached hydrogens (tertiary/aromatic N) is 1. The second kappa shape index (κ2) is 10.2. The number of nitrogens with one attached hydrogen (secondary N) is 1. The van der Waals surface area contributed by atoms with Crippen molar-refractivity contribution in [2.24, 2.45) is 5.73 Å². The molecule has 19 heavy (non-hydrogen) atoms. The van der Waals surface area contributed by atoms with Crippen LogP contribution in [0.5, 0.6) is 0 Å². The van der Waals surface area contributed by atoms with E-state index in [-0.39, 0.29) is 5.91 Å². The van der Waals surface area contributed by atoms with Crippen LogP contribution in [0.2, 0.25) is 0 Å². The minimum Gasteiger partial charge on any atom is -0.369 e. The van der Waals surface area contributed by atoms with E-state index in [4.69, 9.17) is 5.73 Å². The van der Waals surface area contributed by atoms with Gasteiger partial charge in [-0.15, -0.1) is 0 Å². The summed E-state index contributed by atoms with van der Waals surface area (Å²) in [5.74, 6) is -0.210. The third-order valence-corrected chi connectivity index (χ3v) is 3.93. The molecule has 0 spiro atoms. The molecular formula is C15H31N3O. The molecule has 1 aliphatic heterocycles. The monoisotopic (exact) mass is 269 g/mol. The molecule has 0 aromatic carbocycles. The number of carbonyl (C=O) groups excluding carboxylic acids is 1. The number of hydrogen-bond acceptors (Lipinski definition) is 3. The first-order valence-electron chi connectivity index (χ1n) is 7.96. The summed E-state index contributed by atoms with van der Waals surface area (Å²) in [6.45, 7) is 5.82. The molecule has 0 unspecified atom stereocenters. The number of hydrogen-bond donors (Lipinski definition) is 2. The zero-order valence-corrected chi connectivity index (χ0v) is 12.5. The zero-order valence-electron chi connectivity index (χ0n) is 12.5. The van der Waals surface area contributed by atoms with E-state index < -0.39 is 0 Å². The number of amides is 1. The minimum atomic E-state index is -0.210. The van der Waals surface area contributed by atoms with Crippen LogP contribution >= 0.6 is 0 Å². The summed E-state index contributed by atoms with van der Waals surface area (Å²) < 4.78 is 0. The topological polar surface area (TPSA) is 58.4 Å². The number of likely N-dealkylation sites (tertiary alicyclic amines) is 1. The molecule has 0 atom stereocenters. The Bertz CT molecular complexity index is 238. The van der Waals surface area contributed by atoms with E-state index >= 15 is 0 Å². The maximum absolute atomic E-state index is 10.8. The second-order valence-electron chi connectivity index (χ2n) is 5.74. The highest BCUT2D eigenvalue weighted by Crippen LogP contribution is 2.10. The van der Waals surface area contributed by atoms with Crippen molar-refractivity contribution < 1.29 is 4.79 Å². The lowest BCUT2D eigenvalue weighted by atomic mass is 10.0. The summed E-state index contributed by atoms with van der Waals surface area (Å²) in [6, 6.07) is 0.639. The summed E-state index contributed by atoms with van der Waals surface area (Å²) in [4.78, 5) is 13.0. The molecule has 1 aliphatic rings. The van der Waals surface area contributed by atoms with Crippen molar-refractivity contribution in [3.8, 4) is 0 Å². The Kier molecular flexibility index (Phi) is 8.84. The fraction of sp³-hybridized carbons (Fsp3) is 0.933. The average molecular weight is 269 g/mol. The SMILES string of the molecule is CCCCCCCCNC1CCN(CC(N)=O)CC1. The van der Waals surface area contributed by atoms with Gasteiger partial charge in [0.15, 0.2) is 0 Å². The van der Waals surface area contributed by atoms with Crippen molar-refractivity contribution in [1.29, 1.82) is 0 Å². The fourth-order valence-corrected chi connectivity index (χ4v) is 2.73. The Labute approximate surface area is 118 Å². The van der Waals surface area contributed by atoms with Gasteiger partial charge >= 0.3 is 0 Å². The third-order valence-electron chi connectivity index (χ3n) is 3.93. The Balaban J connectivity index is 1.93. The first-order valence-corrected chi connectivity index (χ1v) is 7.96. The molecule has 0 bridgehead atoms. The van der Waals surface area contributed by atoms with E-state index in [1.807, 2.05) is 0 Å². The van der Waals surface area contributed by atoms with Crippen molar-refractivity contribution in [2.75, 3.05) is 26.2 Å². The Morgan fingerprint density at radius 1 is 1.16 bits per heavy atom. The normalized spacial score (nSPS) is 17.7. The smallest absolute Gasteiger partial charge is 0.231 e. The van der Waals surface area contributed by atoms with Crippen LogP contribution in [0.1, 0.15) is 58.3 Å². The molecule has 112 valence electrons. The van der Waals surface area contributed by atoms with E-state index in [0.29, 0.717) is 12.6 Å². The van der Waals surface area contributed by atoms with Crippen LogP contribution in [-0.4, -0.2) is 43.0 Å². The molecule has 0 saturated carbocycles. The van der Waals surface area contributed by atoms with Crippen LogP contribution in [0.25, 0.3) is 0 Å². The maximum Gasteiger partial charge on any atom is 0.231 e. The highest BCUT2D eigenvalue weighted by molar-refractivity contribution is 5.75. The summed E-state index contributed by atoms with van der Waals surface area (Å²) in [6.07, 6.45) is 10.4. The number of unbranched alkanes of at least 4 members (excludes halogenated alkanes) is 5. The standard InChI is InChI=1S/C15H31N3O/c1-2-3-4-5-6-7-10-17-14-8-11-18(12-9-14)13-15(16)19/h14,17H,2-13H2,1H3,(H2,16,19). The van der Waals surface area contributed by atoms with E-state index in [9.17, 15) is 4.79 Å². The Hall–Kier alpha value is -0.610. The van der Waals surface area contributed by atoms with Gasteiger partial charge in [-0.25, -0.2) is 0 Å². The van der Waals surface area contributed by atoms with E-state index in [1.165, 1.54) is 38.5 Å². The minimum absolute atomic E-state index is 0.210. The number of rotatable bonds is 10. The third kappa shape index (κ3) is 8.22. The molecule has 0 aliphatic carbocycles. The van der Waals surface area contributed by atoms with Crippen molar-refractivity contribution in [1.82, 2.24) is 10.2 Å². The molecular weight excluding hydrogens is 238 g/mol. The van der Waals surface area contributed by atoms with Gasteiger partial charge in [-0.2, -0.15) is 0 Å². The largest absolute Gasteiger partial charge is 0.369 e. The van der Waals surface area contributed by atoms with Crippen molar-refractivity contribution in [3.05, 3.63) is 0 Å². The second-order valence-corrected chi connectivity index (χ2v) is 5.74. The van der Waals surface area contributed by atoms with Gasteiger partial charge < -0.3 is 11.1 Å². The molecule has 1 heterocycles. The fourth-order valence-electron chi connectivity index (χ4n) is 2.73. The van der Waals surface area contributed by atoms with E-state index in [1.54, 1.807) is 0 Å². The van der Waals surface area contributed by atoms with Gasteiger partial charge in [-0.05, 0) is 25.8 Å². The lowest BCUT2D eigenvalue weighted by Crippen LogP contribution is -2.45. The predicted octanol–water partition coefficient (Wildman–Crippen LogP) is 1.89. The number of piperidine rings is 1. The molecule has 0 aromatic rings. The zero-order chi connectivity index (χ0) is 13.9. The van der Waals surface area contributed by atoms with Crippen LogP contribution in [-0.2, 0) is 4.79 Å². The number of nitrogens with two attached hydrogens (primary N) is 1. The van der Waals surface area contributed by atoms with Gasteiger partial charge in [0, 0.05) is 19.1 Å². The highest BCUT2D eigenvalue weighted by Gasteiger charge is 2.19. The van der Waals surface area contributed by atoms with Crippen LogP contribution < -0.4 is 11.1 Å². The highest BCUT2D eigenvalue weighted by atomic mass is 16.1. The first kappa shape index (κ1) is 16.4. The van der Waals surface area contributed by atoms with Gasteiger partial charge in [0.05, 0.1) is 6.54 Å². The molecule has 0 aromatic heterocycles. The lowest BCUT2D eigenvalue weighted by Gasteiger charge is -2.31. The number of carbonyl (C=O) groups is 1. The molecule has 1 saturated heterocycles. The van der Waals surface area contributed by atoms with Gasteiger partial charge in [0.25, 0.3) is 0 Å². The molecule has 0 radical (unpaired) electrons. The van der Waals surface area contributed by atoms with E-state index in [0.717, 1.165) is 32.5 Å². The van der Waals surface area contributed by atoms with Crippen molar-refractivity contribution in [2.45, 2.75) is 64.3 Å². The molecule has 4 heteroatoms. The Morgan fingerprint density at radius 3 is 2.42 bits per heavy atom. The van der Waals surface area contributed by atoms with Gasteiger partial charge in [0.2, 0.25) is 5.91 Å². The first-order chi connectivity index (χ1) is 9.22. The molecule has 3 N–H and O–H groups in total. The average Bonchev–Trinajstić information content (AvgIpc) is 2.39. The summed E-state index contributed by atoms with van der Waals surface area (Å²) >= 11 is 0. The van der Waals surface area contributed by atoms with Gasteiger partial charge in [0.1, 0.15) is 0 Å². The van der Waals surface area contributed by atoms with Crippen LogP contribution in [0, 0.1) is 0 Å². The number of primary amides is 1. The maximum atomic E-state index is 10.8. The molecule has 1 amide bonds. The van der Waals surface area contributed by atoms with E-state index in [2.05, 4.69) is 17.1 Å². The van der Waals surface area contributed by atoms with Gasteiger partial charge in [-0.3, -0.25) is 9.69 Å². The summed E-state index contributed by atoms with van der Waals surface area (Å²) in [5.41, 5.74) is 5.21.